The molecule has 0 aromatic rings. The highest BCUT2D eigenvalue weighted by atomic mass is 16.5. The van der Waals surface area contributed by atoms with Gasteiger partial charge in [-0.3, -0.25) is 0 Å². The van der Waals surface area contributed by atoms with Crippen LogP contribution < -0.4 is 0 Å². The van der Waals surface area contributed by atoms with Crippen LogP contribution in [-0.4, -0.2) is 24.9 Å². The van der Waals surface area contributed by atoms with E-state index in [4.69, 9.17) is 9.84 Å². The molecule has 0 aliphatic rings. The van der Waals surface area contributed by atoms with Crippen molar-refractivity contribution in [1.82, 2.24) is 0 Å². The van der Waals surface area contributed by atoms with Gasteiger partial charge in [-0.2, -0.15) is 0 Å². The molecule has 1 atom stereocenters. The van der Waals surface area contributed by atoms with Gasteiger partial charge in [0.25, 0.3) is 0 Å². The quantitative estimate of drug-likeness (QED) is 0.536. The highest BCUT2D eigenvalue weighted by molar-refractivity contribution is 4.58. The highest BCUT2D eigenvalue weighted by Gasteiger charge is 2.07. The Hall–Kier alpha value is -0.0800. The summed E-state index contributed by atoms with van der Waals surface area (Å²) in [4.78, 5) is 0. The van der Waals surface area contributed by atoms with Crippen molar-refractivity contribution in [3.8, 4) is 0 Å². The SMILES string of the molecule is CCCCCCC(CCC)COCCO. The summed E-state index contributed by atoms with van der Waals surface area (Å²) >= 11 is 0. The minimum atomic E-state index is 0.147. The second kappa shape index (κ2) is 12.0. The Bertz CT molecular complexity index is 115. The number of ether oxygens (including phenoxy) is 1. The lowest BCUT2D eigenvalue weighted by atomic mass is 9.97. The van der Waals surface area contributed by atoms with Crippen LogP contribution in [0, 0.1) is 5.92 Å². The second-order valence-electron chi connectivity index (χ2n) is 4.30. The van der Waals surface area contributed by atoms with Gasteiger partial charge in [0.05, 0.1) is 13.2 Å². The molecule has 0 aliphatic carbocycles. The van der Waals surface area contributed by atoms with Gasteiger partial charge in [-0.1, -0.05) is 46.0 Å². The van der Waals surface area contributed by atoms with E-state index in [1.165, 1.54) is 44.9 Å². The summed E-state index contributed by atoms with van der Waals surface area (Å²) < 4.78 is 5.40. The molecule has 0 aromatic carbocycles. The van der Waals surface area contributed by atoms with E-state index in [0.29, 0.717) is 12.5 Å². The van der Waals surface area contributed by atoms with Crippen LogP contribution in [0.15, 0.2) is 0 Å². The molecule has 1 N–H and O–H groups in total. The van der Waals surface area contributed by atoms with Gasteiger partial charge in [-0.05, 0) is 18.8 Å². The van der Waals surface area contributed by atoms with Gasteiger partial charge in [0, 0.05) is 6.61 Å². The molecule has 0 heterocycles. The van der Waals surface area contributed by atoms with Crippen molar-refractivity contribution in [3.05, 3.63) is 0 Å². The standard InChI is InChI=1S/C13H28O2/c1-3-5-6-7-9-13(8-4-2)12-15-11-10-14/h13-14H,3-12H2,1-2H3. The lowest BCUT2D eigenvalue weighted by Gasteiger charge is -2.15. The number of hydrogen-bond acceptors (Lipinski definition) is 2. The fraction of sp³-hybridized carbons (Fsp3) is 1.00. The zero-order valence-corrected chi connectivity index (χ0v) is 10.5. The van der Waals surface area contributed by atoms with Crippen molar-refractivity contribution in [2.45, 2.75) is 58.8 Å². The van der Waals surface area contributed by atoms with Crippen LogP contribution in [0.4, 0.5) is 0 Å². The number of hydrogen-bond donors (Lipinski definition) is 1. The van der Waals surface area contributed by atoms with Crippen molar-refractivity contribution in [1.29, 1.82) is 0 Å². The van der Waals surface area contributed by atoms with E-state index in [1.807, 2.05) is 0 Å². The molecule has 0 aromatic heterocycles. The highest BCUT2D eigenvalue weighted by Crippen LogP contribution is 2.16. The normalized spacial score (nSPS) is 13.0. The Labute approximate surface area is 95.0 Å². The van der Waals surface area contributed by atoms with Crippen LogP contribution >= 0.6 is 0 Å². The van der Waals surface area contributed by atoms with Crippen molar-refractivity contribution < 1.29 is 9.84 Å². The first-order valence-electron chi connectivity index (χ1n) is 6.53. The number of aliphatic hydroxyl groups is 1. The molecule has 92 valence electrons. The zero-order chi connectivity index (χ0) is 11.4. The topological polar surface area (TPSA) is 29.5 Å². The van der Waals surface area contributed by atoms with Crippen LogP contribution in [0.25, 0.3) is 0 Å². The summed E-state index contributed by atoms with van der Waals surface area (Å²) in [5.41, 5.74) is 0. The van der Waals surface area contributed by atoms with Gasteiger partial charge >= 0.3 is 0 Å². The molecule has 0 fully saturated rings. The minimum absolute atomic E-state index is 0.147. The monoisotopic (exact) mass is 216 g/mol. The van der Waals surface area contributed by atoms with Crippen LogP contribution in [0.1, 0.15) is 58.8 Å². The maximum atomic E-state index is 8.63. The average Bonchev–Trinajstić information content (AvgIpc) is 2.24. The molecule has 0 spiro atoms. The predicted octanol–water partition coefficient (Wildman–Crippen LogP) is 3.38. The van der Waals surface area contributed by atoms with Crippen molar-refractivity contribution in [3.63, 3.8) is 0 Å². The van der Waals surface area contributed by atoms with Gasteiger partial charge in [-0.15, -0.1) is 0 Å². The molecule has 0 amide bonds. The largest absolute Gasteiger partial charge is 0.394 e. The van der Waals surface area contributed by atoms with Gasteiger partial charge < -0.3 is 9.84 Å². The van der Waals surface area contributed by atoms with Crippen molar-refractivity contribution in [2.24, 2.45) is 5.92 Å². The summed E-state index contributed by atoms with van der Waals surface area (Å²) in [6.45, 7) is 5.95. The molecule has 0 saturated heterocycles. The first-order chi connectivity index (χ1) is 7.35. The third kappa shape index (κ3) is 10.2. The molecule has 0 saturated carbocycles. The number of rotatable bonds is 11. The maximum Gasteiger partial charge on any atom is 0.0697 e. The van der Waals surface area contributed by atoms with Gasteiger partial charge in [-0.25, -0.2) is 0 Å². The average molecular weight is 216 g/mol. The van der Waals surface area contributed by atoms with Crippen molar-refractivity contribution in [2.75, 3.05) is 19.8 Å². The lowest BCUT2D eigenvalue weighted by Crippen LogP contribution is -2.11. The van der Waals surface area contributed by atoms with Crippen LogP contribution in [0.5, 0.6) is 0 Å². The third-order valence-electron chi connectivity index (χ3n) is 2.75. The summed E-state index contributed by atoms with van der Waals surface area (Å²) in [7, 11) is 0. The zero-order valence-electron chi connectivity index (χ0n) is 10.5. The Morgan fingerprint density at radius 3 is 2.40 bits per heavy atom. The molecule has 1 unspecified atom stereocenters. The van der Waals surface area contributed by atoms with Crippen LogP contribution in [0.3, 0.4) is 0 Å². The molecule has 0 radical (unpaired) electrons. The number of aliphatic hydroxyl groups excluding tert-OH is 1. The summed E-state index contributed by atoms with van der Waals surface area (Å²) in [6.07, 6.45) is 9.14. The van der Waals surface area contributed by atoms with E-state index >= 15 is 0 Å². The minimum Gasteiger partial charge on any atom is -0.394 e. The fourth-order valence-corrected chi connectivity index (χ4v) is 1.89. The van der Waals surface area contributed by atoms with Gasteiger partial charge in [0.15, 0.2) is 0 Å². The molecule has 0 rings (SSSR count). The van der Waals surface area contributed by atoms with Crippen LogP contribution in [0.2, 0.25) is 0 Å². The molecule has 0 aliphatic heterocycles. The van der Waals surface area contributed by atoms with Gasteiger partial charge in [0.2, 0.25) is 0 Å². The smallest absolute Gasteiger partial charge is 0.0697 e. The molecular formula is C13H28O2. The first kappa shape index (κ1) is 14.9. The molecule has 2 heteroatoms. The van der Waals surface area contributed by atoms with E-state index in [1.54, 1.807) is 0 Å². The van der Waals surface area contributed by atoms with E-state index in [-0.39, 0.29) is 6.61 Å². The third-order valence-corrected chi connectivity index (χ3v) is 2.75. The molecule has 15 heavy (non-hydrogen) atoms. The Morgan fingerprint density at radius 2 is 1.80 bits per heavy atom. The Kier molecular flexibility index (Phi) is 11.9. The first-order valence-corrected chi connectivity index (χ1v) is 6.53. The van der Waals surface area contributed by atoms with Gasteiger partial charge in [0.1, 0.15) is 0 Å². The predicted molar refractivity (Wildman–Crippen MR) is 65.1 cm³/mol. The molecular weight excluding hydrogens is 188 g/mol. The lowest BCUT2D eigenvalue weighted by molar-refractivity contribution is 0.0625. The number of unbranched alkanes of at least 4 members (excludes halogenated alkanes) is 3. The fourth-order valence-electron chi connectivity index (χ4n) is 1.89. The summed E-state index contributed by atoms with van der Waals surface area (Å²) in [5, 5.41) is 8.63. The summed E-state index contributed by atoms with van der Waals surface area (Å²) in [6, 6.07) is 0. The van der Waals surface area contributed by atoms with E-state index in [9.17, 15) is 0 Å². The Morgan fingerprint density at radius 1 is 1.00 bits per heavy atom. The van der Waals surface area contributed by atoms with Crippen LogP contribution in [-0.2, 0) is 4.74 Å². The van der Waals surface area contributed by atoms with E-state index in [0.717, 1.165) is 6.61 Å². The van der Waals surface area contributed by atoms with E-state index in [2.05, 4.69) is 13.8 Å². The van der Waals surface area contributed by atoms with Crippen molar-refractivity contribution >= 4 is 0 Å². The second-order valence-corrected chi connectivity index (χ2v) is 4.30. The van der Waals surface area contributed by atoms with E-state index < -0.39 is 0 Å². The maximum absolute atomic E-state index is 8.63. The summed E-state index contributed by atoms with van der Waals surface area (Å²) in [5.74, 6) is 0.707. The molecule has 2 nitrogen and oxygen atoms in total. The Balaban J connectivity index is 3.44. The molecule has 0 bridgehead atoms.